The molecule has 0 unspecified atom stereocenters. The normalized spacial score (nSPS) is 9.81. The molecule has 0 aromatic carbocycles. The molecule has 0 aliphatic heterocycles. The fourth-order valence-electron chi connectivity index (χ4n) is 1.32. The molecule has 0 radical (unpaired) electrons. The fraction of sp³-hybridized carbons (Fsp3) is 0. The van der Waals surface area contributed by atoms with Crippen molar-refractivity contribution in [3.8, 4) is 11.3 Å². The number of aromatic nitrogens is 2. The summed E-state index contributed by atoms with van der Waals surface area (Å²) < 4.78 is 0. The number of nitrogens with two attached hydrogens (primary N) is 1. The van der Waals surface area contributed by atoms with Crippen molar-refractivity contribution in [2.24, 2.45) is 5.84 Å². The Bertz CT molecular complexity index is 498. The van der Waals surface area contributed by atoms with Crippen molar-refractivity contribution in [2.45, 2.75) is 0 Å². The van der Waals surface area contributed by atoms with Crippen LogP contribution in [0.1, 0.15) is 10.5 Å². The Balaban J connectivity index is 2.40. The summed E-state index contributed by atoms with van der Waals surface area (Å²) in [7, 11) is 0. The van der Waals surface area contributed by atoms with Gasteiger partial charge in [0.15, 0.2) is 0 Å². The molecule has 16 heavy (non-hydrogen) atoms. The number of hydrogen-bond donors (Lipinski definition) is 2. The molecule has 0 aliphatic carbocycles. The van der Waals surface area contributed by atoms with E-state index in [0.29, 0.717) is 5.69 Å². The van der Waals surface area contributed by atoms with Crippen molar-refractivity contribution in [3.05, 3.63) is 48.4 Å². The van der Waals surface area contributed by atoms with E-state index in [2.05, 4.69) is 9.97 Å². The molecule has 0 saturated heterocycles. The highest BCUT2D eigenvalue weighted by molar-refractivity contribution is 5.92. The predicted molar refractivity (Wildman–Crippen MR) is 59.1 cm³/mol. The summed E-state index contributed by atoms with van der Waals surface area (Å²) in [4.78, 5) is 19.4. The van der Waals surface area contributed by atoms with Crippen LogP contribution in [0.5, 0.6) is 0 Å². The van der Waals surface area contributed by atoms with Gasteiger partial charge in [-0.1, -0.05) is 6.07 Å². The molecule has 0 spiro atoms. The minimum atomic E-state index is -0.407. The zero-order chi connectivity index (χ0) is 11.4. The number of carbonyl (C=O) groups is 1. The lowest BCUT2D eigenvalue weighted by atomic mass is 10.1. The van der Waals surface area contributed by atoms with E-state index >= 15 is 0 Å². The van der Waals surface area contributed by atoms with Gasteiger partial charge in [0.25, 0.3) is 5.91 Å². The third kappa shape index (κ3) is 2.04. The van der Waals surface area contributed by atoms with Gasteiger partial charge in [0.2, 0.25) is 0 Å². The highest BCUT2D eigenvalue weighted by Gasteiger charge is 2.06. The van der Waals surface area contributed by atoms with Crippen molar-refractivity contribution in [3.63, 3.8) is 0 Å². The van der Waals surface area contributed by atoms with Crippen LogP contribution in [0.3, 0.4) is 0 Å². The van der Waals surface area contributed by atoms with Crippen molar-refractivity contribution < 1.29 is 4.79 Å². The van der Waals surface area contributed by atoms with E-state index in [1.807, 2.05) is 23.6 Å². The first-order valence-electron chi connectivity index (χ1n) is 4.69. The fourth-order valence-corrected chi connectivity index (χ4v) is 1.32. The Morgan fingerprint density at radius 2 is 1.94 bits per heavy atom. The van der Waals surface area contributed by atoms with Crippen LogP contribution in [-0.2, 0) is 0 Å². The number of nitrogens with one attached hydrogen (secondary N) is 1. The average Bonchev–Trinajstić information content (AvgIpc) is 2.39. The Labute approximate surface area is 92.3 Å². The standard InChI is InChI=1S/C11H10N4O/c12-15-11(16)10-3-1-2-9(14-10)8-4-6-13-7-5-8/h1-7H,12H2,(H,15,16). The van der Waals surface area contributed by atoms with E-state index < -0.39 is 5.91 Å². The maximum Gasteiger partial charge on any atom is 0.283 e. The average molecular weight is 214 g/mol. The summed E-state index contributed by atoms with van der Waals surface area (Å²) >= 11 is 0. The maximum absolute atomic E-state index is 11.3. The van der Waals surface area contributed by atoms with E-state index in [1.165, 1.54) is 0 Å². The summed E-state index contributed by atoms with van der Waals surface area (Å²) in [5.41, 5.74) is 3.95. The molecule has 80 valence electrons. The Morgan fingerprint density at radius 3 is 2.62 bits per heavy atom. The van der Waals surface area contributed by atoms with Crippen LogP contribution < -0.4 is 11.3 Å². The Hall–Kier alpha value is -2.27. The van der Waals surface area contributed by atoms with Crippen LogP contribution in [-0.4, -0.2) is 15.9 Å². The zero-order valence-corrected chi connectivity index (χ0v) is 8.42. The van der Waals surface area contributed by atoms with Crippen LogP contribution >= 0.6 is 0 Å². The molecular weight excluding hydrogens is 204 g/mol. The molecule has 0 saturated carbocycles. The van der Waals surface area contributed by atoms with Crippen molar-refractivity contribution >= 4 is 5.91 Å². The molecule has 5 nitrogen and oxygen atoms in total. The second-order valence-electron chi connectivity index (χ2n) is 3.12. The lowest BCUT2D eigenvalue weighted by Gasteiger charge is -2.02. The van der Waals surface area contributed by atoms with Crippen molar-refractivity contribution in [2.75, 3.05) is 0 Å². The van der Waals surface area contributed by atoms with E-state index in [9.17, 15) is 4.79 Å². The molecule has 2 heterocycles. The van der Waals surface area contributed by atoms with Gasteiger partial charge in [0, 0.05) is 18.0 Å². The van der Waals surface area contributed by atoms with Gasteiger partial charge in [-0.25, -0.2) is 10.8 Å². The van der Waals surface area contributed by atoms with Gasteiger partial charge in [-0.3, -0.25) is 15.2 Å². The number of carbonyl (C=O) groups excluding carboxylic acids is 1. The molecule has 1 amide bonds. The van der Waals surface area contributed by atoms with E-state index in [0.717, 1.165) is 5.56 Å². The molecule has 2 aromatic rings. The van der Waals surface area contributed by atoms with Gasteiger partial charge < -0.3 is 0 Å². The van der Waals surface area contributed by atoms with E-state index in [4.69, 9.17) is 5.84 Å². The molecule has 5 heteroatoms. The smallest absolute Gasteiger partial charge is 0.283 e. The number of pyridine rings is 2. The molecule has 2 aromatic heterocycles. The van der Waals surface area contributed by atoms with E-state index in [1.54, 1.807) is 24.5 Å². The van der Waals surface area contributed by atoms with Gasteiger partial charge >= 0.3 is 0 Å². The topological polar surface area (TPSA) is 80.9 Å². The predicted octanol–water partition coefficient (Wildman–Crippen LogP) is 0.747. The summed E-state index contributed by atoms with van der Waals surface area (Å²) in [6.45, 7) is 0. The Morgan fingerprint density at radius 1 is 1.19 bits per heavy atom. The second-order valence-corrected chi connectivity index (χ2v) is 3.12. The molecule has 0 aliphatic rings. The first-order valence-corrected chi connectivity index (χ1v) is 4.69. The third-order valence-corrected chi connectivity index (χ3v) is 2.09. The summed E-state index contributed by atoms with van der Waals surface area (Å²) in [5, 5.41) is 0. The minimum absolute atomic E-state index is 0.289. The summed E-state index contributed by atoms with van der Waals surface area (Å²) in [6, 6.07) is 8.84. The van der Waals surface area contributed by atoms with Crippen LogP contribution in [0, 0.1) is 0 Å². The largest absolute Gasteiger partial charge is 0.289 e. The molecule has 0 atom stereocenters. The van der Waals surface area contributed by atoms with Gasteiger partial charge in [-0.2, -0.15) is 0 Å². The van der Waals surface area contributed by atoms with Gasteiger partial charge in [-0.15, -0.1) is 0 Å². The van der Waals surface area contributed by atoms with Gasteiger partial charge in [0.05, 0.1) is 5.69 Å². The van der Waals surface area contributed by atoms with Gasteiger partial charge in [0.1, 0.15) is 5.69 Å². The van der Waals surface area contributed by atoms with E-state index in [-0.39, 0.29) is 5.69 Å². The molecule has 0 fully saturated rings. The third-order valence-electron chi connectivity index (χ3n) is 2.09. The molecular formula is C11H10N4O. The number of hydrogen-bond acceptors (Lipinski definition) is 4. The minimum Gasteiger partial charge on any atom is -0.289 e. The molecule has 2 rings (SSSR count). The van der Waals surface area contributed by atoms with Crippen molar-refractivity contribution in [1.82, 2.24) is 15.4 Å². The molecule has 0 bridgehead atoms. The lowest BCUT2D eigenvalue weighted by Crippen LogP contribution is -2.30. The zero-order valence-electron chi connectivity index (χ0n) is 8.42. The number of nitrogens with zero attached hydrogens (tertiary/aromatic N) is 2. The lowest BCUT2D eigenvalue weighted by molar-refractivity contribution is 0.0949. The first kappa shape index (κ1) is 10.3. The number of nitrogen functional groups attached to an aromatic ring is 1. The van der Waals surface area contributed by atoms with Crippen molar-refractivity contribution in [1.29, 1.82) is 0 Å². The van der Waals surface area contributed by atoms with Crippen LogP contribution in [0.25, 0.3) is 11.3 Å². The number of rotatable bonds is 2. The SMILES string of the molecule is NNC(=O)c1cccc(-c2ccncc2)n1. The van der Waals surface area contributed by atoms with Gasteiger partial charge in [-0.05, 0) is 24.3 Å². The number of hydrazine groups is 1. The number of amides is 1. The quantitative estimate of drug-likeness (QED) is 0.439. The molecule has 3 N–H and O–H groups in total. The monoisotopic (exact) mass is 214 g/mol. The maximum atomic E-state index is 11.3. The second kappa shape index (κ2) is 4.50. The summed E-state index contributed by atoms with van der Waals surface area (Å²) in [5.74, 6) is 4.64. The highest BCUT2D eigenvalue weighted by Crippen LogP contribution is 2.15. The first-order chi connectivity index (χ1) is 7.81. The van der Waals surface area contributed by atoms with Crippen LogP contribution in [0.15, 0.2) is 42.7 Å². The summed E-state index contributed by atoms with van der Waals surface area (Å²) in [6.07, 6.45) is 3.35. The van der Waals surface area contributed by atoms with Crippen LogP contribution in [0.2, 0.25) is 0 Å². The Kier molecular flexibility index (Phi) is 2.88. The van der Waals surface area contributed by atoms with Crippen LogP contribution in [0.4, 0.5) is 0 Å². The highest BCUT2D eigenvalue weighted by atomic mass is 16.2.